The SMILES string of the molecule is COc1c(CN2O[C@@H](CO)[C@@H]([C@H](C)O)[C@H]2C(=O)N[C@H]2C[C@@H](C)C(C)(C)[C@@H](C)[C@@H]2C)ccc(Cl)c1-c1cc(C(=O)N[C@@H](CC(C)C)CN(C)C)cc(N(C)C)c1. The molecule has 11 nitrogen and oxygen atoms in total. The maximum Gasteiger partial charge on any atom is 0.251 e. The van der Waals surface area contributed by atoms with E-state index in [0.717, 1.165) is 18.5 Å². The van der Waals surface area contributed by atoms with E-state index in [4.69, 9.17) is 21.2 Å². The maximum absolute atomic E-state index is 14.4. The van der Waals surface area contributed by atoms with E-state index >= 15 is 0 Å². The van der Waals surface area contributed by atoms with E-state index in [1.165, 1.54) is 0 Å². The van der Waals surface area contributed by atoms with Crippen LogP contribution in [0.1, 0.15) is 84.2 Å². The van der Waals surface area contributed by atoms with Crippen LogP contribution < -0.4 is 20.3 Å². The molecule has 2 aromatic carbocycles. The van der Waals surface area contributed by atoms with Gasteiger partial charge in [0.1, 0.15) is 17.9 Å². The Morgan fingerprint density at radius 1 is 1.09 bits per heavy atom. The lowest BCUT2D eigenvalue weighted by Gasteiger charge is -2.50. The van der Waals surface area contributed by atoms with Gasteiger partial charge in [0.2, 0.25) is 5.91 Å². The van der Waals surface area contributed by atoms with Crippen LogP contribution in [0.3, 0.4) is 0 Å². The molecule has 2 amide bonds. The lowest BCUT2D eigenvalue weighted by Crippen LogP contribution is -2.56. The largest absolute Gasteiger partial charge is 0.496 e. The molecule has 0 spiro atoms. The number of hydrogen-bond donors (Lipinski definition) is 4. The lowest BCUT2D eigenvalue weighted by molar-refractivity contribution is -0.182. The molecule has 0 unspecified atom stereocenters. The van der Waals surface area contributed by atoms with Crippen molar-refractivity contribution in [2.75, 3.05) is 53.4 Å². The number of halogens is 1. The van der Waals surface area contributed by atoms with E-state index in [1.54, 1.807) is 25.2 Å². The standard InChI is InChI=1S/C43H68ClN5O6/c1-24(2)16-32(22-47(9)10)45-41(52)31-18-30(19-33(20-31)48(11)12)38-34(44)15-14-29(40(38)54-13)21-49-39(37(28(6)51)36(23-50)55-49)42(53)46-35-17-25(3)43(7,8)27(5)26(35)4/h14-15,18-20,24-28,32,35-37,39,50-51H,16-17,21-23H2,1-13H3,(H,45,52)(H,46,53)/t25-,26+,27+,28+,32+,35+,36+,37-,39+/m1/s1. The molecule has 1 heterocycles. The van der Waals surface area contributed by atoms with Gasteiger partial charge in [-0.2, -0.15) is 5.06 Å². The summed E-state index contributed by atoms with van der Waals surface area (Å²) in [6, 6.07) is 8.32. The number of aliphatic hydroxyl groups is 2. The number of methoxy groups -OCH3 is 1. The van der Waals surface area contributed by atoms with Crippen molar-refractivity contribution in [1.82, 2.24) is 20.6 Å². The van der Waals surface area contributed by atoms with Crippen LogP contribution in [0.15, 0.2) is 30.3 Å². The van der Waals surface area contributed by atoms with Gasteiger partial charge in [-0.25, -0.2) is 0 Å². The molecule has 1 saturated carbocycles. The number of nitrogens with zero attached hydrogens (tertiary/aromatic N) is 3. The molecule has 4 rings (SSSR count). The first-order valence-corrected chi connectivity index (χ1v) is 20.3. The van der Waals surface area contributed by atoms with Crippen LogP contribution in [-0.2, 0) is 16.2 Å². The second-order valence-corrected chi connectivity index (χ2v) is 18.1. The van der Waals surface area contributed by atoms with Crippen molar-refractivity contribution in [3.05, 3.63) is 46.5 Å². The lowest BCUT2D eigenvalue weighted by atomic mass is 9.58. The molecule has 0 radical (unpaired) electrons. The molecule has 55 heavy (non-hydrogen) atoms. The third-order valence-electron chi connectivity index (χ3n) is 12.6. The van der Waals surface area contributed by atoms with Crippen molar-refractivity contribution >= 4 is 29.1 Å². The van der Waals surface area contributed by atoms with Gasteiger partial charge in [0, 0.05) is 61.0 Å². The molecular formula is C43H68ClN5O6. The van der Waals surface area contributed by atoms with E-state index < -0.39 is 24.2 Å². The van der Waals surface area contributed by atoms with Crippen LogP contribution >= 0.6 is 11.6 Å². The van der Waals surface area contributed by atoms with Gasteiger partial charge in [-0.05, 0) is 92.8 Å². The molecule has 2 fully saturated rings. The van der Waals surface area contributed by atoms with Gasteiger partial charge in [0.25, 0.3) is 5.91 Å². The van der Waals surface area contributed by atoms with Crippen LogP contribution in [0.4, 0.5) is 5.69 Å². The zero-order valence-electron chi connectivity index (χ0n) is 35.4. The molecule has 1 aliphatic heterocycles. The number of nitrogens with one attached hydrogen (secondary N) is 2. The van der Waals surface area contributed by atoms with Crippen molar-refractivity contribution < 1.29 is 29.4 Å². The number of likely N-dealkylation sites (N-methyl/N-ethyl adjacent to an activating group) is 1. The first kappa shape index (κ1) is 44.8. The number of benzene rings is 2. The normalized spacial score (nSPS) is 26.5. The van der Waals surface area contributed by atoms with Crippen molar-refractivity contribution in [1.29, 1.82) is 0 Å². The Kier molecular flexibility index (Phi) is 15.1. The van der Waals surface area contributed by atoms with Gasteiger partial charge in [-0.15, -0.1) is 0 Å². The predicted molar refractivity (Wildman–Crippen MR) is 221 cm³/mol. The summed E-state index contributed by atoms with van der Waals surface area (Å²) in [4.78, 5) is 38.6. The Morgan fingerprint density at radius 3 is 2.33 bits per heavy atom. The molecule has 1 saturated heterocycles. The van der Waals surface area contributed by atoms with Gasteiger partial charge in [-0.1, -0.05) is 66.1 Å². The average molecular weight is 786 g/mol. The number of hydrogen-bond acceptors (Lipinski definition) is 9. The highest BCUT2D eigenvalue weighted by atomic mass is 35.5. The Labute approximate surface area is 335 Å². The molecule has 12 heteroatoms. The summed E-state index contributed by atoms with van der Waals surface area (Å²) in [5.41, 5.74) is 3.41. The molecule has 9 atom stereocenters. The van der Waals surface area contributed by atoms with E-state index in [2.05, 4.69) is 64.0 Å². The number of carbonyl (C=O) groups excluding carboxylic acids is 2. The number of anilines is 1. The Balaban J connectivity index is 1.73. The summed E-state index contributed by atoms with van der Waals surface area (Å²) in [7, 11) is 9.41. The highest BCUT2D eigenvalue weighted by Gasteiger charge is 2.51. The fourth-order valence-corrected chi connectivity index (χ4v) is 8.97. The summed E-state index contributed by atoms with van der Waals surface area (Å²) in [6.45, 7) is 17.7. The molecule has 0 bridgehead atoms. The summed E-state index contributed by atoms with van der Waals surface area (Å²) >= 11 is 6.97. The molecular weight excluding hydrogens is 718 g/mol. The number of amides is 2. The Hall–Kier alpha value is -2.93. The monoisotopic (exact) mass is 785 g/mol. The zero-order valence-corrected chi connectivity index (χ0v) is 36.2. The molecule has 2 aromatic rings. The molecule has 308 valence electrons. The van der Waals surface area contributed by atoms with Crippen molar-refractivity contribution in [2.45, 2.75) is 105 Å². The second kappa shape index (κ2) is 18.6. The van der Waals surface area contributed by atoms with Crippen LogP contribution in [0.5, 0.6) is 5.75 Å². The van der Waals surface area contributed by atoms with Gasteiger partial charge in [0.15, 0.2) is 0 Å². The third-order valence-corrected chi connectivity index (χ3v) is 12.9. The molecule has 1 aliphatic carbocycles. The first-order chi connectivity index (χ1) is 25.7. The predicted octanol–water partition coefficient (Wildman–Crippen LogP) is 6.08. The quantitative estimate of drug-likeness (QED) is 0.170. The minimum Gasteiger partial charge on any atom is -0.496 e. The van der Waals surface area contributed by atoms with E-state index in [9.17, 15) is 19.8 Å². The van der Waals surface area contributed by atoms with Gasteiger partial charge in [0.05, 0.1) is 31.4 Å². The number of hydroxylamine groups is 2. The minimum atomic E-state index is -0.933. The fourth-order valence-electron chi connectivity index (χ4n) is 8.71. The van der Waals surface area contributed by atoms with E-state index in [0.29, 0.717) is 57.3 Å². The Morgan fingerprint density at radius 2 is 1.76 bits per heavy atom. The van der Waals surface area contributed by atoms with Crippen LogP contribution in [0.25, 0.3) is 11.1 Å². The second-order valence-electron chi connectivity index (χ2n) is 17.7. The zero-order chi connectivity index (χ0) is 41.1. The van der Waals surface area contributed by atoms with Crippen LogP contribution in [0.2, 0.25) is 5.02 Å². The number of rotatable bonds is 15. The number of ether oxygens (including phenoxy) is 1. The third kappa shape index (κ3) is 10.1. The molecule has 0 aromatic heterocycles. The topological polar surface area (TPSA) is 127 Å². The van der Waals surface area contributed by atoms with E-state index in [1.807, 2.05) is 57.4 Å². The van der Waals surface area contributed by atoms with Gasteiger partial charge >= 0.3 is 0 Å². The maximum atomic E-state index is 14.4. The average Bonchev–Trinajstić information content (AvgIpc) is 3.48. The van der Waals surface area contributed by atoms with Crippen molar-refractivity contribution in [3.8, 4) is 16.9 Å². The van der Waals surface area contributed by atoms with E-state index in [-0.39, 0.29) is 48.4 Å². The van der Waals surface area contributed by atoms with Gasteiger partial charge < -0.3 is 35.4 Å². The molecule has 4 N–H and O–H groups in total. The smallest absolute Gasteiger partial charge is 0.251 e. The molecule has 2 aliphatic rings. The minimum absolute atomic E-state index is 0.0331. The highest BCUT2D eigenvalue weighted by Crippen LogP contribution is 2.48. The summed E-state index contributed by atoms with van der Waals surface area (Å²) < 4.78 is 6.09. The first-order valence-electron chi connectivity index (χ1n) is 19.9. The van der Waals surface area contributed by atoms with Crippen molar-refractivity contribution in [3.63, 3.8) is 0 Å². The fraction of sp³-hybridized carbons (Fsp3) is 0.674. The summed E-state index contributed by atoms with van der Waals surface area (Å²) in [5, 5.41) is 30.0. The summed E-state index contributed by atoms with van der Waals surface area (Å²) in [5.74, 6) is 0.780. The van der Waals surface area contributed by atoms with Crippen molar-refractivity contribution in [2.24, 2.45) is 35.0 Å². The number of aliphatic hydroxyl groups excluding tert-OH is 2. The summed E-state index contributed by atoms with van der Waals surface area (Å²) in [6.07, 6.45) is -0.0435. The van der Waals surface area contributed by atoms with Gasteiger partial charge in [-0.3, -0.25) is 14.4 Å². The van der Waals surface area contributed by atoms with Crippen LogP contribution in [-0.4, -0.2) is 111 Å². The van der Waals surface area contributed by atoms with Crippen LogP contribution in [0, 0.1) is 35.0 Å². The number of carbonyl (C=O) groups is 2. The highest BCUT2D eigenvalue weighted by molar-refractivity contribution is 6.33. The Bertz CT molecular complexity index is 1620.